The molecule has 0 spiro atoms. The van der Waals surface area contributed by atoms with Crippen molar-refractivity contribution < 1.29 is 19.1 Å². The lowest BCUT2D eigenvalue weighted by Gasteiger charge is -2.10. The zero-order chi connectivity index (χ0) is 18.7. The van der Waals surface area contributed by atoms with E-state index in [4.69, 9.17) is 44.3 Å². The van der Waals surface area contributed by atoms with Crippen LogP contribution in [0.15, 0.2) is 12.1 Å². The van der Waals surface area contributed by atoms with E-state index in [1.54, 1.807) is 20.8 Å². The molecule has 1 heterocycles. The number of benzene rings is 1. The number of aromatic nitrogens is 1. The van der Waals surface area contributed by atoms with E-state index in [-0.39, 0.29) is 50.9 Å². The number of Topliss-reactive ketones (excluding diaryl/α,β-unsaturated/α-hetero) is 1. The van der Waals surface area contributed by atoms with Crippen LogP contribution in [-0.4, -0.2) is 30.0 Å². The minimum atomic E-state index is -0.555. The van der Waals surface area contributed by atoms with E-state index in [2.05, 4.69) is 4.98 Å². The van der Waals surface area contributed by atoms with E-state index < -0.39 is 5.97 Å². The molecule has 0 unspecified atom stereocenters. The van der Waals surface area contributed by atoms with Gasteiger partial charge < -0.3 is 14.5 Å². The number of hydrogen-bond donors (Lipinski definition) is 1. The summed E-state index contributed by atoms with van der Waals surface area (Å²) >= 11 is 17.8. The van der Waals surface area contributed by atoms with Crippen LogP contribution in [0.1, 0.15) is 39.0 Å². The van der Waals surface area contributed by atoms with Gasteiger partial charge in [-0.2, -0.15) is 0 Å². The van der Waals surface area contributed by atoms with Crippen molar-refractivity contribution in [2.75, 3.05) is 13.2 Å². The monoisotopic (exact) mass is 403 g/mol. The first kappa shape index (κ1) is 19.6. The molecule has 0 saturated carbocycles. The number of carbonyl (C=O) groups excluding carboxylic acids is 2. The van der Waals surface area contributed by atoms with Gasteiger partial charge in [0.15, 0.2) is 6.61 Å². The standard InChI is InChI=1S/C17H16Cl3NO4/c1-4-24-17(23)16-9(3)21-8(2)15(16)13(22)7-25-14-6-11(19)10(18)5-12(14)20/h5-6,21H,4,7H2,1-3H3. The average molecular weight is 405 g/mol. The molecule has 0 radical (unpaired) electrons. The number of aromatic amines is 1. The van der Waals surface area contributed by atoms with Crippen molar-refractivity contribution in [3.05, 3.63) is 49.7 Å². The summed E-state index contributed by atoms with van der Waals surface area (Å²) in [5, 5.41) is 0.774. The van der Waals surface area contributed by atoms with E-state index in [1.165, 1.54) is 12.1 Å². The van der Waals surface area contributed by atoms with Crippen LogP contribution >= 0.6 is 34.8 Å². The van der Waals surface area contributed by atoms with Crippen LogP contribution < -0.4 is 4.74 Å². The Morgan fingerprint density at radius 2 is 1.60 bits per heavy atom. The summed E-state index contributed by atoms with van der Waals surface area (Å²) in [6.45, 7) is 5.00. The number of ketones is 1. The van der Waals surface area contributed by atoms with Gasteiger partial charge in [-0.25, -0.2) is 4.79 Å². The highest BCUT2D eigenvalue weighted by atomic mass is 35.5. The van der Waals surface area contributed by atoms with Crippen LogP contribution in [0.3, 0.4) is 0 Å². The lowest BCUT2D eigenvalue weighted by molar-refractivity contribution is 0.0522. The van der Waals surface area contributed by atoms with E-state index >= 15 is 0 Å². The van der Waals surface area contributed by atoms with E-state index in [0.29, 0.717) is 11.4 Å². The Morgan fingerprint density at radius 3 is 2.24 bits per heavy atom. The number of nitrogens with one attached hydrogen (secondary N) is 1. The quantitative estimate of drug-likeness (QED) is 0.416. The molecular formula is C17H16Cl3NO4. The fourth-order valence-electron chi connectivity index (χ4n) is 2.42. The summed E-state index contributed by atoms with van der Waals surface area (Å²) in [5.41, 5.74) is 1.58. The van der Waals surface area contributed by atoms with Gasteiger partial charge in [0, 0.05) is 17.5 Å². The lowest BCUT2D eigenvalue weighted by atomic mass is 10.1. The number of carbonyl (C=O) groups is 2. The van der Waals surface area contributed by atoms with Gasteiger partial charge in [-0.15, -0.1) is 0 Å². The van der Waals surface area contributed by atoms with Crippen LogP contribution in [0, 0.1) is 13.8 Å². The van der Waals surface area contributed by atoms with Crippen molar-refractivity contribution in [2.24, 2.45) is 0 Å². The average Bonchev–Trinajstić information content (AvgIpc) is 2.84. The Balaban J connectivity index is 2.25. The maximum absolute atomic E-state index is 12.6. The highest BCUT2D eigenvalue weighted by Gasteiger charge is 2.25. The van der Waals surface area contributed by atoms with Gasteiger partial charge >= 0.3 is 5.97 Å². The predicted molar refractivity (Wildman–Crippen MR) is 97.5 cm³/mol. The molecule has 0 aliphatic heterocycles. The van der Waals surface area contributed by atoms with Crippen molar-refractivity contribution in [3.63, 3.8) is 0 Å². The number of aryl methyl sites for hydroxylation is 2. The summed E-state index contributed by atoms with van der Waals surface area (Å²) in [5.74, 6) is -0.709. The summed E-state index contributed by atoms with van der Waals surface area (Å²) in [6.07, 6.45) is 0. The van der Waals surface area contributed by atoms with Crippen molar-refractivity contribution >= 4 is 46.6 Å². The summed E-state index contributed by atoms with van der Waals surface area (Å²) < 4.78 is 10.5. The first-order chi connectivity index (χ1) is 11.8. The Hall–Kier alpha value is -1.69. The highest BCUT2D eigenvalue weighted by molar-refractivity contribution is 6.43. The topological polar surface area (TPSA) is 68.4 Å². The van der Waals surface area contributed by atoms with E-state index in [9.17, 15) is 9.59 Å². The second-order valence-electron chi connectivity index (χ2n) is 5.25. The second-order valence-corrected chi connectivity index (χ2v) is 6.48. The molecule has 1 N–H and O–H groups in total. The molecule has 25 heavy (non-hydrogen) atoms. The molecule has 134 valence electrons. The van der Waals surface area contributed by atoms with E-state index in [0.717, 1.165) is 0 Å². The minimum Gasteiger partial charge on any atom is -0.484 e. The normalized spacial score (nSPS) is 10.6. The van der Waals surface area contributed by atoms with Gasteiger partial charge in [0.1, 0.15) is 5.75 Å². The molecule has 0 amide bonds. The van der Waals surface area contributed by atoms with Gasteiger partial charge in [-0.05, 0) is 26.8 Å². The number of H-pyrrole nitrogens is 1. The predicted octanol–water partition coefficient (Wildman–Crippen LogP) is 5.03. The molecule has 0 aliphatic rings. The SMILES string of the molecule is CCOC(=O)c1c(C)[nH]c(C)c1C(=O)COc1cc(Cl)c(Cl)cc1Cl. The first-order valence-electron chi connectivity index (χ1n) is 7.43. The molecule has 8 heteroatoms. The number of hydrogen-bond acceptors (Lipinski definition) is 4. The first-order valence-corrected chi connectivity index (χ1v) is 8.56. The molecule has 5 nitrogen and oxygen atoms in total. The van der Waals surface area contributed by atoms with Crippen LogP contribution in [0.25, 0.3) is 0 Å². The second kappa shape index (κ2) is 8.13. The number of halogens is 3. The smallest absolute Gasteiger partial charge is 0.340 e. The number of esters is 1. The molecule has 0 fully saturated rings. The fraction of sp³-hybridized carbons (Fsp3) is 0.294. The highest BCUT2D eigenvalue weighted by Crippen LogP contribution is 2.34. The van der Waals surface area contributed by atoms with Crippen LogP contribution in [0.4, 0.5) is 0 Å². The lowest BCUT2D eigenvalue weighted by Crippen LogP contribution is -2.17. The third kappa shape index (κ3) is 4.29. The molecule has 0 bridgehead atoms. The third-order valence-electron chi connectivity index (χ3n) is 3.47. The largest absolute Gasteiger partial charge is 0.484 e. The van der Waals surface area contributed by atoms with Crippen molar-refractivity contribution in [1.82, 2.24) is 4.98 Å². The molecule has 0 saturated heterocycles. The molecular weight excluding hydrogens is 389 g/mol. The summed E-state index contributed by atoms with van der Waals surface area (Å²) in [4.78, 5) is 27.7. The Morgan fingerprint density at radius 1 is 1.00 bits per heavy atom. The molecule has 0 aliphatic carbocycles. The zero-order valence-electron chi connectivity index (χ0n) is 13.8. The Kier molecular flexibility index (Phi) is 6.38. The van der Waals surface area contributed by atoms with Crippen LogP contribution in [0.2, 0.25) is 15.1 Å². The molecule has 2 rings (SSSR count). The maximum atomic E-state index is 12.6. The zero-order valence-corrected chi connectivity index (χ0v) is 16.1. The molecule has 0 atom stereocenters. The Bertz CT molecular complexity index is 830. The van der Waals surface area contributed by atoms with Gasteiger partial charge in [0.25, 0.3) is 0 Å². The van der Waals surface area contributed by atoms with Crippen LogP contribution in [-0.2, 0) is 4.74 Å². The number of ether oxygens (including phenoxy) is 2. The number of rotatable bonds is 6. The Labute approximate surface area is 160 Å². The fourth-order valence-corrected chi connectivity index (χ4v) is 3.01. The summed E-state index contributed by atoms with van der Waals surface area (Å²) in [6, 6.07) is 2.86. The third-order valence-corrected chi connectivity index (χ3v) is 4.48. The van der Waals surface area contributed by atoms with Crippen molar-refractivity contribution in [1.29, 1.82) is 0 Å². The minimum absolute atomic E-state index is 0.214. The molecule has 1 aromatic carbocycles. The van der Waals surface area contributed by atoms with Gasteiger partial charge in [0.05, 0.1) is 32.8 Å². The van der Waals surface area contributed by atoms with Crippen LogP contribution in [0.5, 0.6) is 5.75 Å². The maximum Gasteiger partial charge on any atom is 0.340 e. The summed E-state index contributed by atoms with van der Waals surface area (Å²) in [7, 11) is 0. The van der Waals surface area contributed by atoms with Crippen molar-refractivity contribution in [2.45, 2.75) is 20.8 Å². The van der Waals surface area contributed by atoms with Gasteiger partial charge in [-0.1, -0.05) is 34.8 Å². The van der Waals surface area contributed by atoms with Gasteiger partial charge in [0.2, 0.25) is 5.78 Å². The van der Waals surface area contributed by atoms with Crippen molar-refractivity contribution in [3.8, 4) is 5.75 Å². The molecule has 2 aromatic rings. The molecule has 1 aromatic heterocycles. The van der Waals surface area contributed by atoms with Gasteiger partial charge in [-0.3, -0.25) is 4.79 Å². The van der Waals surface area contributed by atoms with E-state index in [1.807, 2.05) is 0 Å².